The number of hydrazine groups is 1. The number of nitro benzene ring substituents is 1. The molecule has 0 aliphatic carbocycles. The van der Waals surface area contributed by atoms with Crippen molar-refractivity contribution in [2.45, 2.75) is 6.92 Å². The normalized spacial score (nSPS) is 9.86. The van der Waals surface area contributed by atoms with Crippen LogP contribution in [-0.4, -0.2) is 10.8 Å². The van der Waals surface area contributed by atoms with Crippen molar-refractivity contribution in [3.05, 3.63) is 81.9 Å². The molecule has 1 amide bonds. The minimum absolute atomic E-state index is 0.0364. The van der Waals surface area contributed by atoms with E-state index in [4.69, 9.17) is 0 Å². The van der Waals surface area contributed by atoms with Crippen LogP contribution >= 0.6 is 0 Å². The van der Waals surface area contributed by atoms with Gasteiger partial charge in [-0.05, 0) is 18.6 Å². The molecule has 2 N–H and O–H groups in total. The van der Waals surface area contributed by atoms with Crippen LogP contribution in [0.5, 0.6) is 0 Å². The van der Waals surface area contributed by atoms with Crippen molar-refractivity contribution in [3.8, 4) is 0 Å². The summed E-state index contributed by atoms with van der Waals surface area (Å²) in [5.74, 6) is -0.301. The molecule has 0 saturated carbocycles. The SMILES string of the molecule is C=C(NNC(=O)c1ccccc1C)c1cccc([N+](=O)[O-])c1. The Bertz CT molecular complexity index is 741. The number of nitrogens with one attached hydrogen (secondary N) is 2. The topological polar surface area (TPSA) is 84.3 Å². The number of aryl methyl sites for hydroxylation is 1. The number of carbonyl (C=O) groups is 1. The van der Waals surface area contributed by atoms with Crippen LogP contribution in [-0.2, 0) is 0 Å². The van der Waals surface area contributed by atoms with Gasteiger partial charge >= 0.3 is 0 Å². The van der Waals surface area contributed by atoms with Gasteiger partial charge in [-0.2, -0.15) is 0 Å². The highest BCUT2D eigenvalue weighted by Gasteiger charge is 2.10. The maximum atomic E-state index is 12.1. The molecular weight excluding hydrogens is 282 g/mol. The molecule has 6 heteroatoms. The number of hydrogen-bond donors (Lipinski definition) is 2. The minimum Gasteiger partial charge on any atom is -0.298 e. The van der Waals surface area contributed by atoms with Crippen molar-refractivity contribution in [2.24, 2.45) is 0 Å². The van der Waals surface area contributed by atoms with Crippen molar-refractivity contribution in [1.82, 2.24) is 10.9 Å². The second-order valence-corrected chi connectivity index (χ2v) is 4.68. The van der Waals surface area contributed by atoms with Gasteiger partial charge in [0.1, 0.15) is 0 Å². The Hall–Kier alpha value is -3.15. The van der Waals surface area contributed by atoms with Crippen molar-refractivity contribution < 1.29 is 9.72 Å². The lowest BCUT2D eigenvalue weighted by Crippen LogP contribution is -2.36. The Morgan fingerprint density at radius 1 is 1.14 bits per heavy atom. The highest BCUT2D eigenvalue weighted by atomic mass is 16.6. The second kappa shape index (κ2) is 6.53. The van der Waals surface area contributed by atoms with Gasteiger partial charge in [0.2, 0.25) is 0 Å². The van der Waals surface area contributed by atoms with E-state index in [-0.39, 0.29) is 11.6 Å². The zero-order valence-electron chi connectivity index (χ0n) is 12.0. The lowest BCUT2D eigenvalue weighted by atomic mass is 10.1. The number of nitrogens with zero attached hydrogens (tertiary/aromatic N) is 1. The molecule has 2 aromatic carbocycles. The van der Waals surface area contributed by atoms with Gasteiger partial charge in [0.05, 0.1) is 10.6 Å². The molecule has 0 aromatic heterocycles. The molecule has 0 radical (unpaired) electrons. The summed E-state index contributed by atoms with van der Waals surface area (Å²) in [6.45, 7) is 5.60. The summed E-state index contributed by atoms with van der Waals surface area (Å²) < 4.78 is 0. The van der Waals surface area contributed by atoms with Crippen molar-refractivity contribution in [2.75, 3.05) is 0 Å². The van der Waals surface area contributed by atoms with Crippen LogP contribution in [0.4, 0.5) is 5.69 Å². The summed E-state index contributed by atoms with van der Waals surface area (Å²) in [5.41, 5.74) is 7.45. The first kappa shape index (κ1) is 15.2. The summed E-state index contributed by atoms with van der Waals surface area (Å²) in [7, 11) is 0. The van der Waals surface area contributed by atoms with Gasteiger partial charge in [-0.1, -0.05) is 36.9 Å². The number of non-ortho nitro benzene ring substituents is 1. The predicted molar refractivity (Wildman–Crippen MR) is 83.9 cm³/mol. The fourth-order valence-corrected chi connectivity index (χ4v) is 1.91. The Morgan fingerprint density at radius 2 is 1.86 bits per heavy atom. The molecule has 6 nitrogen and oxygen atoms in total. The molecule has 2 rings (SSSR count). The van der Waals surface area contributed by atoms with Gasteiger partial charge in [-0.3, -0.25) is 25.8 Å². The molecule has 0 spiro atoms. The molecule has 0 atom stereocenters. The molecule has 112 valence electrons. The lowest BCUT2D eigenvalue weighted by Gasteiger charge is -2.12. The first-order chi connectivity index (χ1) is 10.5. The molecular formula is C16H15N3O3. The minimum atomic E-state index is -0.483. The lowest BCUT2D eigenvalue weighted by molar-refractivity contribution is -0.384. The molecule has 0 unspecified atom stereocenters. The number of hydrogen-bond acceptors (Lipinski definition) is 4. The average Bonchev–Trinajstić information content (AvgIpc) is 2.52. The summed E-state index contributed by atoms with van der Waals surface area (Å²) in [4.78, 5) is 22.3. The average molecular weight is 297 g/mol. The standard InChI is InChI=1S/C16H15N3O3/c1-11-6-3-4-9-15(11)16(20)18-17-12(2)13-7-5-8-14(10-13)19(21)22/h3-10,17H,2H2,1H3,(H,18,20). The molecule has 0 fully saturated rings. The third-order valence-corrected chi connectivity index (χ3v) is 3.12. The summed E-state index contributed by atoms with van der Waals surface area (Å²) in [5, 5.41) is 10.8. The quantitative estimate of drug-likeness (QED) is 0.656. The van der Waals surface area contributed by atoms with Crippen LogP contribution in [0.3, 0.4) is 0 Å². The summed E-state index contributed by atoms with van der Waals surface area (Å²) in [6.07, 6.45) is 0. The molecule has 22 heavy (non-hydrogen) atoms. The Labute approximate surface area is 127 Å². The molecule has 0 aliphatic heterocycles. The molecule has 0 heterocycles. The van der Waals surface area contributed by atoms with E-state index in [9.17, 15) is 14.9 Å². The van der Waals surface area contributed by atoms with Crippen LogP contribution in [0.25, 0.3) is 5.70 Å². The van der Waals surface area contributed by atoms with E-state index in [1.165, 1.54) is 12.1 Å². The Kier molecular flexibility index (Phi) is 4.53. The van der Waals surface area contributed by atoms with E-state index in [1.54, 1.807) is 24.3 Å². The number of benzene rings is 2. The van der Waals surface area contributed by atoms with Crippen LogP contribution in [0.2, 0.25) is 0 Å². The molecule has 0 aliphatic rings. The van der Waals surface area contributed by atoms with Gasteiger partial charge in [-0.25, -0.2) is 0 Å². The van der Waals surface area contributed by atoms with Gasteiger partial charge in [0.15, 0.2) is 0 Å². The zero-order valence-corrected chi connectivity index (χ0v) is 12.0. The largest absolute Gasteiger partial charge is 0.298 e. The monoisotopic (exact) mass is 297 g/mol. The van der Waals surface area contributed by atoms with Crippen molar-refractivity contribution in [1.29, 1.82) is 0 Å². The number of nitro groups is 1. The van der Waals surface area contributed by atoms with E-state index < -0.39 is 4.92 Å². The maximum absolute atomic E-state index is 12.1. The maximum Gasteiger partial charge on any atom is 0.270 e. The second-order valence-electron chi connectivity index (χ2n) is 4.68. The van der Waals surface area contributed by atoms with Crippen LogP contribution in [0.1, 0.15) is 21.5 Å². The Balaban J connectivity index is 2.04. The van der Waals surface area contributed by atoms with E-state index in [0.717, 1.165) is 5.56 Å². The fraction of sp³-hybridized carbons (Fsp3) is 0.0625. The third-order valence-electron chi connectivity index (χ3n) is 3.12. The first-order valence-electron chi connectivity index (χ1n) is 6.55. The van der Waals surface area contributed by atoms with Crippen LogP contribution in [0.15, 0.2) is 55.1 Å². The van der Waals surface area contributed by atoms with E-state index >= 15 is 0 Å². The van der Waals surface area contributed by atoms with Gasteiger partial charge < -0.3 is 0 Å². The molecule has 0 bridgehead atoms. The highest BCUT2D eigenvalue weighted by molar-refractivity contribution is 5.95. The van der Waals surface area contributed by atoms with E-state index in [2.05, 4.69) is 17.4 Å². The summed E-state index contributed by atoms with van der Waals surface area (Å²) in [6, 6.07) is 13.2. The van der Waals surface area contributed by atoms with E-state index in [0.29, 0.717) is 16.8 Å². The van der Waals surface area contributed by atoms with Crippen LogP contribution in [0, 0.1) is 17.0 Å². The smallest absolute Gasteiger partial charge is 0.270 e. The van der Waals surface area contributed by atoms with Crippen molar-refractivity contribution >= 4 is 17.3 Å². The number of amides is 1. The van der Waals surface area contributed by atoms with Gasteiger partial charge in [0, 0.05) is 23.3 Å². The fourth-order valence-electron chi connectivity index (χ4n) is 1.91. The Morgan fingerprint density at radius 3 is 2.55 bits per heavy atom. The van der Waals surface area contributed by atoms with Gasteiger partial charge in [0.25, 0.3) is 11.6 Å². The highest BCUT2D eigenvalue weighted by Crippen LogP contribution is 2.17. The van der Waals surface area contributed by atoms with Gasteiger partial charge in [-0.15, -0.1) is 0 Å². The van der Waals surface area contributed by atoms with E-state index in [1.807, 2.05) is 19.1 Å². The van der Waals surface area contributed by atoms with Crippen molar-refractivity contribution in [3.63, 3.8) is 0 Å². The first-order valence-corrected chi connectivity index (χ1v) is 6.55. The van der Waals surface area contributed by atoms with Crippen LogP contribution < -0.4 is 10.9 Å². The number of carbonyl (C=O) groups excluding carboxylic acids is 1. The molecule has 2 aromatic rings. The molecule has 0 saturated heterocycles. The number of rotatable bonds is 5. The summed E-state index contributed by atoms with van der Waals surface area (Å²) >= 11 is 0. The predicted octanol–water partition coefficient (Wildman–Crippen LogP) is 2.81. The third kappa shape index (κ3) is 3.49. The zero-order chi connectivity index (χ0) is 16.1.